The third kappa shape index (κ3) is 4.45. The van der Waals surface area contributed by atoms with Crippen LogP contribution in [0.2, 0.25) is 0 Å². The molecular weight excluding hydrogens is 182 g/mol. The summed E-state index contributed by atoms with van der Waals surface area (Å²) in [4.78, 5) is 22.1. The Bertz CT molecular complexity index is 255. The summed E-state index contributed by atoms with van der Waals surface area (Å²) < 4.78 is 0. The maximum Gasteiger partial charge on any atom is 0.310 e. The van der Waals surface area contributed by atoms with Crippen molar-refractivity contribution in [2.24, 2.45) is 5.92 Å². The average molecular weight is 197 g/mol. The molecule has 0 aromatic heterocycles. The predicted octanol–water partition coefficient (Wildman–Crippen LogP) is -0.213. The summed E-state index contributed by atoms with van der Waals surface area (Å²) in [6, 6.07) is 1.66. The minimum Gasteiger partial charge on any atom is -0.345 e. The largest absolute Gasteiger partial charge is 0.345 e. The Labute approximate surface area is 83.5 Å². The van der Waals surface area contributed by atoms with Gasteiger partial charge in [0.2, 0.25) is 0 Å². The van der Waals surface area contributed by atoms with Gasteiger partial charge in [0.1, 0.15) is 6.54 Å². The van der Waals surface area contributed by atoms with Gasteiger partial charge in [0, 0.05) is 6.04 Å². The monoisotopic (exact) mass is 197 g/mol. The van der Waals surface area contributed by atoms with E-state index in [-0.39, 0.29) is 18.5 Å². The van der Waals surface area contributed by atoms with Crippen LogP contribution in [0.3, 0.4) is 0 Å². The number of amides is 2. The predicted molar refractivity (Wildman–Crippen MR) is 51.1 cm³/mol. The van der Waals surface area contributed by atoms with Crippen LogP contribution in [0.25, 0.3) is 0 Å². The van der Waals surface area contributed by atoms with Crippen LogP contribution >= 0.6 is 0 Å². The van der Waals surface area contributed by atoms with E-state index in [0.29, 0.717) is 0 Å². The number of carbonyl (C=O) groups excluding carboxylic acids is 2. The first-order valence-electron chi connectivity index (χ1n) is 4.44. The van der Waals surface area contributed by atoms with E-state index < -0.39 is 11.8 Å². The third-order valence-electron chi connectivity index (χ3n) is 1.89. The molecule has 5 nitrogen and oxygen atoms in total. The number of nitriles is 1. The summed E-state index contributed by atoms with van der Waals surface area (Å²) in [6.07, 6.45) is 0. The summed E-state index contributed by atoms with van der Waals surface area (Å²) in [5.41, 5.74) is 0. The lowest BCUT2D eigenvalue weighted by molar-refractivity contribution is -0.139. The van der Waals surface area contributed by atoms with Crippen molar-refractivity contribution in [2.45, 2.75) is 26.8 Å². The van der Waals surface area contributed by atoms with Crippen molar-refractivity contribution in [2.75, 3.05) is 6.54 Å². The number of nitrogens with one attached hydrogen (secondary N) is 2. The van der Waals surface area contributed by atoms with Crippen molar-refractivity contribution in [3.05, 3.63) is 0 Å². The summed E-state index contributed by atoms with van der Waals surface area (Å²) in [7, 11) is 0. The average Bonchev–Trinajstić information content (AvgIpc) is 2.13. The molecule has 0 bridgehead atoms. The molecule has 1 atom stereocenters. The zero-order valence-electron chi connectivity index (χ0n) is 8.63. The van der Waals surface area contributed by atoms with Crippen molar-refractivity contribution in [1.82, 2.24) is 10.6 Å². The quantitative estimate of drug-likeness (QED) is 0.485. The molecule has 0 heterocycles. The number of hydrogen-bond acceptors (Lipinski definition) is 3. The van der Waals surface area contributed by atoms with E-state index in [2.05, 4.69) is 10.6 Å². The number of hydrogen-bond donors (Lipinski definition) is 2. The van der Waals surface area contributed by atoms with Crippen molar-refractivity contribution in [3.63, 3.8) is 0 Å². The lowest BCUT2D eigenvalue weighted by atomic mass is 10.1. The maximum atomic E-state index is 11.1. The molecule has 14 heavy (non-hydrogen) atoms. The molecule has 0 spiro atoms. The van der Waals surface area contributed by atoms with Crippen LogP contribution < -0.4 is 10.6 Å². The number of nitrogens with zero attached hydrogens (tertiary/aromatic N) is 1. The van der Waals surface area contributed by atoms with E-state index in [0.717, 1.165) is 0 Å². The first-order chi connectivity index (χ1) is 6.49. The SMILES string of the molecule is CC(C)C(C)NC(=O)C(=O)NCC#N. The highest BCUT2D eigenvalue weighted by atomic mass is 16.2. The Balaban J connectivity index is 3.97. The van der Waals surface area contributed by atoms with Crippen molar-refractivity contribution in [3.8, 4) is 6.07 Å². The molecule has 0 aliphatic heterocycles. The van der Waals surface area contributed by atoms with Crippen LogP contribution in [0.5, 0.6) is 0 Å². The number of carbonyl (C=O) groups is 2. The molecule has 0 aliphatic carbocycles. The highest BCUT2D eigenvalue weighted by Crippen LogP contribution is 1.98. The second kappa shape index (κ2) is 5.97. The molecule has 1 unspecified atom stereocenters. The first kappa shape index (κ1) is 12.4. The van der Waals surface area contributed by atoms with Gasteiger partial charge in [0.05, 0.1) is 6.07 Å². The van der Waals surface area contributed by atoms with Gasteiger partial charge < -0.3 is 10.6 Å². The molecule has 0 radical (unpaired) electrons. The molecule has 5 heteroatoms. The summed E-state index contributed by atoms with van der Waals surface area (Å²) >= 11 is 0. The molecule has 0 aromatic rings. The Hall–Kier alpha value is -1.57. The van der Waals surface area contributed by atoms with Crippen LogP contribution in [0.15, 0.2) is 0 Å². The molecule has 0 saturated carbocycles. The first-order valence-corrected chi connectivity index (χ1v) is 4.44. The Morgan fingerprint density at radius 2 is 1.86 bits per heavy atom. The summed E-state index contributed by atoms with van der Waals surface area (Å²) in [5, 5.41) is 12.9. The molecule has 0 saturated heterocycles. The second-order valence-corrected chi connectivity index (χ2v) is 3.35. The van der Waals surface area contributed by atoms with Crippen LogP contribution in [0.4, 0.5) is 0 Å². The van der Waals surface area contributed by atoms with Gasteiger partial charge in [-0.15, -0.1) is 0 Å². The lowest BCUT2D eigenvalue weighted by Crippen LogP contribution is -2.45. The minimum absolute atomic E-state index is 0.0599. The zero-order chi connectivity index (χ0) is 11.1. The van der Waals surface area contributed by atoms with Crippen LogP contribution in [-0.4, -0.2) is 24.4 Å². The van der Waals surface area contributed by atoms with Gasteiger partial charge in [-0.05, 0) is 12.8 Å². The van der Waals surface area contributed by atoms with E-state index >= 15 is 0 Å². The van der Waals surface area contributed by atoms with Crippen molar-refractivity contribution >= 4 is 11.8 Å². The smallest absolute Gasteiger partial charge is 0.310 e. The van der Waals surface area contributed by atoms with Gasteiger partial charge >= 0.3 is 11.8 Å². The molecule has 0 fully saturated rings. The van der Waals surface area contributed by atoms with Crippen molar-refractivity contribution < 1.29 is 9.59 Å². The van der Waals surface area contributed by atoms with Gasteiger partial charge in [0.25, 0.3) is 0 Å². The fourth-order valence-electron chi connectivity index (χ4n) is 0.639. The van der Waals surface area contributed by atoms with Crippen LogP contribution in [-0.2, 0) is 9.59 Å². The van der Waals surface area contributed by atoms with E-state index in [1.165, 1.54) is 0 Å². The highest BCUT2D eigenvalue weighted by Gasteiger charge is 2.16. The molecular formula is C9H15N3O2. The van der Waals surface area contributed by atoms with Gasteiger partial charge in [-0.1, -0.05) is 13.8 Å². The van der Waals surface area contributed by atoms with E-state index in [9.17, 15) is 9.59 Å². The van der Waals surface area contributed by atoms with Gasteiger partial charge in [-0.25, -0.2) is 0 Å². The summed E-state index contributed by atoms with van der Waals surface area (Å²) in [6.45, 7) is 5.55. The molecule has 2 amide bonds. The Kier molecular flexibility index (Phi) is 5.30. The zero-order valence-corrected chi connectivity index (χ0v) is 8.63. The van der Waals surface area contributed by atoms with Crippen LogP contribution in [0.1, 0.15) is 20.8 Å². The lowest BCUT2D eigenvalue weighted by Gasteiger charge is -2.16. The number of rotatable bonds is 3. The standard InChI is InChI=1S/C9H15N3O2/c1-6(2)7(3)12-9(14)8(13)11-5-4-10/h6-7H,5H2,1-3H3,(H,11,13)(H,12,14). The third-order valence-corrected chi connectivity index (χ3v) is 1.89. The molecule has 0 rings (SSSR count). The fraction of sp³-hybridized carbons (Fsp3) is 0.667. The van der Waals surface area contributed by atoms with Crippen LogP contribution in [0, 0.1) is 17.2 Å². The minimum atomic E-state index is -0.765. The second-order valence-electron chi connectivity index (χ2n) is 3.35. The van der Waals surface area contributed by atoms with E-state index in [1.807, 2.05) is 20.8 Å². The summed E-state index contributed by atoms with van der Waals surface area (Å²) in [5.74, 6) is -1.19. The fourth-order valence-corrected chi connectivity index (χ4v) is 0.639. The van der Waals surface area contributed by atoms with Gasteiger partial charge in [0.15, 0.2) is 0 Å². The van der Waals surface area contributed by atoms with E-state index in [4.69, 9.17) is 5.26 Å². The Morgan fingerprint density at radius 1 is 1.29 bits per heavy atom. The van der Waals surface area contributed by atoms with Gasteiger partial charge in [-0.2, -0.15) is 5.26 Å². The Morgan fingerprint density at radius 3 is 2.29 bits per heavy atom. The van der Waals surface area contributed by atoms with E-state index in [1.54, 1.807) is 6.07 Å². The molecule has 2 N–H and O–H groups in total. The topological polar surface area (TPSA) is 82.0 Å². The maximum absolute atomic E-state index is 11.1. The molecule has 0 aliphatic rings. The molecule has 0 aromatic carbocycles. The van der Waals surface area contributed by atoms with Gasteiger partial charge in [-0.3, -0.25) is 9.59 Å². The normalized spacial score (nSPS) is 11.6. The molecule has 78 valence electrons. The highest BCUT2D eigenvalue weighted by molar-refractivity contribution is 6.35. The van der Waals surface area contributed by atoms with Crippen molar-refractivity contribution in [1.29, 1.82) is 5.26 Å².